The fraction of sp³-hybridized carbons (Fsp3) is 0.941. The van der Waals surface area contributed by atoms with E-state index in [0.29, 0.717) is 17.9 Å². The van der Waals surface area contributed by atoms with Crippen LogP contribution in [0.25, 0.3) is 0 Å². The van der Waals surface area contributed by atoms with E-state index in [1.165, 1.54) is 25.7 Å². The molecular formula is C17H30ClNO3. The summed E-state index contributed by atoms with van der Waals surface area (Å²) in [5, 5.41) is 9.60. The molecule has 3 rings (SSSR count). The van der Waals surface area contributed by atoms with Crippen molar-refractivity contribution in [3.63, 3.8) is 0 Å². The van der Waals surface area contributed by atoms with E-state index in [0.717, 1.165) is 45.5 Å². The molecule has 0 spiro atoms. The molecule has 1 saturated heterocycles. The summed E-state index contributed by atoms with van der Waals surface area (Å²) in [6.07, 6.45) is 8.59. The molecule has 4 atom stereocenters. The first-order chi connectivity index (χ1) is 10.1. The van der Waals surface area contributed by atoms with E-state index in [-0.39, 0.29) is 12.4 Å². The molecule has 3 aliphatic rings. The molecule has 4 nitrogen and oxygen atoms in total. The third-order valence-corrected chi connectivity index (χ3v) is 6.14. The van der Waals surface area contributed by atoms with Gasteiger partial charge in [-0.25, -0.2) is 0 Å². The van der Waals surface area contributed by atoms with E-state index in [1.54, 1.807) is 0 Å². The monoisotopic (exact) mass is 331 g/mol. The predicted octanol–water partition coefficient (Wildman–Crippen LogP) is 3.19. The number of nitrogens with zero attached hydrogens (tertiary/aromatic N) is 1. The van der Waals surface area contributed by atoms with Gasteiger partial charge in [-0.15, -0.1) is 12.4 Å². The third-order valence-electron chi connectivity index (χ3n) is 6.14. The van der Waals surface area contributed by atoms with Crippen LogP contribution in [0.2, 0.25) is 0 Å². The van der Waals surface area contributed by atoms with Crippen molar-refractivity contribution in [1.29, 1.82) is 0 Å². The van der Waals surface area contributed by atoms with Crippen molar-refractivity contribution >= 4 is 18.4 Å². The highest BCUT2D eigenvalue weighted by Gasteiger charge is 2.54. The summed E-state index contributed by atoms with van der Waals surface area (Å²) in [4.78, 5) is 14.0. The van der Waals surface area contributed by atoms with Gasteiger partial charge in [-0.3, -0.25) is 9.69 Å². The van der Waals surface area contributed by atoms with E-state index in [4.69, 9.17) is 4.74 Å². The van der Waals surface area contributed by atoms with E-state index < -0.39 is 11.4 Å². The zero-order chi connectivity index (χ0) is 14.9. The normalized spacial score (nSPS) is 38.5. The Kier molecular flexibility index (Phi) is 6.14. The van der Waals surface area contributed by atoms with Crippen molar-refractivity contribution in [3.8, 4) is 0 Å². The minimum absolute atomic E-state index is 0. The molecule has 128 valence electrons. The maximum absolute atomic E-state index is 11.7. The lowest BCUT2D eigenvalue weighted by molar-refractivity contribution is -0.149. The van der Waals surface area contributed by atoms with Gasteiger partial charge in [0, 0.05) is 19.6 Å². The lowest BCUT2D eigenvalue weighted by Gasteiger charge is -2.29. The number of hydrogen-bond donors (Lipinski definition) is 1. The molecule has 0 aromatic heterocycles. The Morgan fingerprint density at radius 2 is 2.05 bits per heavy atom. The van der Waals surface area contributed by atoms with Crippen LogP contribution in [0.1, 0.15) is 51.9 Å². The van der Waals surface area contributed by atoms with Gasteiger partial charge in [0.2, 0.25) is 0 Å². The number of likely N-dealkylation sites (tertiary alicyclic amines) is 1. The van der Waals surface area contributed by atoms with Crippen molar-refractivity contribution in [2.24, 2.45) is 17.3 Å². The van der Waals surface area contributed by atoms with Crippen molar-refractivity contribution in [2.75, 3.05) is 26.2 Å². The fourth-order valence-electron chi connectivity index (χ4n) is 4.78. The Balaban J connectivity index is 0.00000176. The zero-order valence-corrected chi connectivity index (χ0v) is 14.4. The van der Waals surface area contributed by atoms with Gasteiger partial charge in [0.05, 0.1) is 18.1 Å². The average Bonchev–Trinajstić information content (AvgIpc) is 2.98. The Morgan fingerprint density at radius 3 is 2.73 bits per heavy atom. The molecule has 0 aromatic carbocycles. The maximum Gasteiger partial charge on any atom is 0.311 e. The zero-order valence-electron chi connectivity index (χ0n) is 13.6. The first-order valence-corrected chi connectivity index (χ1v) is 8.69. The van der Waals surface area contributed by atoms with E-state index in [9.17, 15) is 9.90 Å². The Labute approximate surface area is 140 Å². The minimum atomic E-state index is -0.575. The molecular weight excluding hydrogens is 302 g/mol. The summed E-state index contributed by atoms with van der Waals surface area (Å²) in [6.45, 7) is 5.64. The second kappa shape index (κ2) is 7.50. The fourth-order valence-corrected chi connectivity index (χ4v) is 4.78. The molecule has 0 amide bonds. The molecule has 2 saturated carbocycles. The van der Waals surface area contributed by atoms with Crippen LogP contribution in [0.4, 0.5) is 0 Å². The highest BCUT2D eigenvalue weighted by molar-refractivity contribution is 5.85. The minimum Gasteiger partial charge on any atom is -0.481 e. The molecule has 0 aromatic rings. The van der Waals surface area contributed by atoms with Crippen LogP contribution in [-0.2, 0) is 9.53 Å². The van der Waals surface area contributed by atoms with Gasteiger partial charge >= 0.3 is 5.97 Å². The van der Waals surface area contributed by atoms with Crippen molar-refractivity contribution in [1.82, 2.24) is 4.90 Å². The van der Waals surface area contributed by atoms with Crippen LogP contribution in [0.15, 0.2) is 0 Å². The SMILES string of the molecule is CC1CCCCC1OCCN1C[C@@H]2CCC[C@@]2(C(=O)O)C1.Cl. The summed E-state index contributed by atoms with van der Waals surface area (Å²) in [5.74, 6) is 0.472. The van der Waals surface area contributed by atoms with E-state index in [1.807, 2.05) is 0 Å². The summed E-state index contributed by atoms with van der Waals surface area (Å²) in [7, 11) is 0. The number of ether oxygens (including phenoxy) is 1. The smallest absolute Gasteiger partial charge is 0.311 e. The number of carbonyl (C=O) groups is 1. The average molecular weight is 332 g/mol. The molecule has 2 aliphatic carbocycles. The molecule has 1 aliphatic heterocycles. The number of carboxylic acid groups (broad SMARTS) is 1. The van der Waals surface area contributed by atoms with Crippen LogP contribution in [0.5, 0.6) is 0 Å². The van der Waals surface area contributed by atoms with Gasteiger partial charge in [0.25, 0.3) is 0 Å². The van der Waals surface area contributed by atoms with Crippen molar-refractivity contribution in [2.45, 2.75) is 58.0 Å². The highest BCUT2D eigenvalue weighted by atomic mass is 35.5. The number of fused-ring (bicyclic) bond motifs is 1. The van der Waals surface area contributed by atoms with Gasteiger partial charge in [0.15, 0.2) is 0 Å². The van der Waals surface area contributed by atoms with Crippen LogP contribution in [-0.4, -0.2) is 48.3 Å². The Hall–Kier alpha value is -0.320. The van der Waals surface area contributed by atoms with Crippen LogP contribution < -0.4 is 0 Å². The van der Waals surface area contributed by atoms with E-state index >= 15 is 0 Å². The molecule has 3 fully saturated rings. The largest absolute Gasteiger partial charge is 0.481 e. The van der Waals surface area contributed by atoms with Crippen LogP contribution in [0.3, 0.4) is 0 Å². The summed E-state index contributed by atoms with van der Waals surface area (Å²) in [5.41, 5.74) is -0.446. The van der Waals surface area contributed by atoms with Gasteiger partial charge in [-0.1, -0.05) is 26.2 Å². The van der Waals surface area contributed by atoms with Gasteiger partial charge in [0.1, 0.15) is 0 Å². The Bertz CT molecular complexity index is 392. The second-order valence-electron chi connectivity index (χ2n) is 7.46. The molecule has 1 heterocycles. The topological polar surface area (TPSA) is 49.8 Å². The third kappa shape index (κ3) is 3.44. The lowest BCUT2D eigenvalue weighted by atomic mass is 9.81. The van der Waals surface area contributed by atoms with Gasteiger partial charge in [-0.05, 0) is 37.5 Å². The van der Waals surface area contributed by atoms with Gasteiger partial charge in [-0.2, -0.15) is 0 Å². The quantitative estimate of drug-likeness (QED) is 0.840. The van der Waals surface area contributed by atoms with E-state index in [2.05, 4.69) is 11.8 Å². The first-order valence-electron chi connectivity index (χ1n) is 8.69. The molecule has 0 bridgehead atoms. The van der Waals surface area contributed by atoms with Crippen molar-refractivity contribution in [3.05, 3.63) is 0 Å². The lowest BCUT2D eigenvalue weighted by Crippen LogP contribution is -2.36. The highest BCUT2D eigenvalue weighted by Crippen LogP contribution is 2.48. The second-order valence-corrected chi connectivity index (χ2v) is 7.46. The summed E-state index contributed by atoms with van der Waals surface area (Å²) < 4.78 is 6.08. The predicted molar refractivity (Wildman–Crippen MR) is 88.5 cm³/mol. The summed E-state index contributed by atoms with van der Waals surface area (Å²) in [6, 6.07) is 0. The summed E-state index contributed by atoms with van der Waals surface area (Å²) >= 11 is 0. The van der Waals surface area contributed by atoms with Crippen LogP contribution in [0, 0.1) is 17.3 Å². The number of rotatable bonds is 5. The molecule has 2 unspecified atom stereocenters. The molecule has 0 radical (unpaired) electrons. The van der Waals surface area contributed by atoms with Crippen molar-refractivity contribution < 1.29 is 14.6 Å². The van der Waals surface area contributed by atoms with Crippen LogP contribution >= 0.6 is 12.4 Å². The Morgan fingerprint density at radius 1 is 1.27 bits per heavy atom. The number of halogens is 1. The molecule has 5 heteroatoms. The molecule has 1 N–H and O–H groups in total. The number of aliphatic carboxylic acids is 1. The first kappa shape index (κ1) is 18.0. The molecule has 22 heavy (non-hydrogen) atoms. The standard InChI is InChI=1S/C17H29NO3.ClH/c1-13-5-2-3-7-15(13)21-10-9-18-11-14-6-4-8-17(14,12-18)16(19)20;/h13-15H,2-12H2,1H3,(H,19,20);1H/t13?,14-,15?,17+;/m0./s1. The van der Waals surface area contributed by atoms with Gasteiger partial charge < -0.3 is 9.84 Å². The number of carboxylic acids is 1. The maximum atomic E-state index is 11.7. The number of hydrogen-bond acceptors (Lipinski definition) is 3.